The maximum atomic E-state index is 13.9. The van der Waals surface area contributed by atoms with Gasteiger partial charge in [-0.05, 0) is 50.2 Å². The van der Waals surface area contributed by atoms with E-state index in [4.69, 9.17) is 14.2 Å². The van der Waals surface area contributed by atoms with Crippen molar-refractivity contribution in [1.29, 1.82) is 0 Å². The van der Waals surface area contributed by atoms with E-state index in [1.807, 2.05) is 6.92 Å². The Morgan fingerprint density at radius 2 is 1.68 bits per heavy atom. The van der Waals surface area contributed by atoms with Crippen LogP contribution in [0.25, 0.3) is 21.8 Å². The van der Waals surface area contributed by atoms with Crippen LogP contribution in [0.5, 0.6) is 11.5 Å². The first-order valence-corrected chi connectivity index (χ1v) is 12.0. The first-order chi connectivity index (χ1) is 16.2. The zero-order valence-electron chi connectivity index (χ0n) is 19.1. The number of esters is 2. The van der Waals surface area contributed by atoms with E-state index in [0.717, 1.165) is 9.54 Å². The molecule has 4 aromatic rings. The number of aryl methyl sites for hydroxylation is 1. The zero-order chi connectivity index (χ0) is 24.6. The number of hydrogen-bond acceptors (Lipinski definition) is 7. The molecule has 4 rings (SSSR count). The van der Waals surface area contributed by atoms with Crippen LogP contribution in [0.3, 0.4) is 0 Å². The van der Waals surface area contributed by atoms with Crippen molar-refractivity contribution in [3.05, 3.63) is 65.7 Å². The summed E-state index contributed by atoms with van der Waals surface area (Å²) in [5, 5.41) is 0.884. The zero-order valence-corrected chi connectivity index (χ0v) is 19.9. The molecule has 0 N–H and O–H groups in total. The van der Waals surface area contributed by atoms with Crippen LogP contribution in [0.1, 0.15) is 29.8 Å². The summed E-state index contributed by atoms with van der Waals surface area (Å²) in [6, 6.07) is 14.2. The van der Waals surface area contributed by atoms with Crippen molar-refractivity contribution in [2.45, 2.75) is 25.7 Å². The van der Waals surface area contributed by atoms with Crippen LogP contribution in [0, 0.1) is 6.92 Å². The van der Waals surface area contributed by atoms with E-state index in [1.54, 1.807) is 37.3 Å². The Morgan fingerprint density at radius 1 is 0.971 bits per heavy atom. The third-order valence-corrected chi connectivity index (χ3v) is 7.06. The topological polar surface area (TPSA) is 101 Å². The van der Waals surface area contributed by atoms with Gasteiger partial charge in [0.25, 0.3) is 10.0 Å². The molecule has 1 heterocycles. The molecule has 0 atom stereocenters. The average molecular weight is 482 g/mol. The highest BCUT2D eigenvalue weighted by atomic mass is 32.2. The lowest BCUT2D eigenvalue weighted by Gasteiger charge is -2.12. The molecule has 8 nitrogen and oxygen atoms in total. The monoisotopic (exact) mass is 481 g/mol. The highest BCUT2D eigenvalue weighted by Gasteiger charge is 2.27. The number of hydrogen-bond donors (Lipinski definition) is 0. The van der Waals surface area contributed by atoms with Gasteiger partial charge < -0.3 is 14.2 Å². The van der Waals surface area contributed by atoms with Crippen LogP contribution < -0.4 is 9.47 Å². The average Bonchev–Trinajstić information content (AvgIpc) is 3.13. The molecule has 0 spiro atoms. The summed E-state index contributed by atoms with van der Waals surface area (Å²) in [5.41, 5.74) is 1.44. The smallest absolute Gasteiger partial charge is 0.338 e. The van der Waals surface area contributed by atoms with E-state index in [9.17, 15) is 18.0 Å². The number of carbonyl (C=O) groups is 2. The minimum absolute atomic E-state index is 0.0562. The molecule has 9 heteroatoms. The van der Waals surface area contributed by atoms with Gasteiger partial charge in [0, 0.05) is 18.4 Å². The standard InChI is InChI=1S/C25H23NO7S/c1-5-32-25(28)17-12-22-24(23(13-17)33-16(3)27)20-11-8-18(31-4)14-21(20)26(22)34(29,30)19-9-6-15(2)7-10-19/h6-14H,5H2,1-4H3. The Hall–Kier alpha value is -3.85. The summed E-state index contributed by atoms with van der Waals surface area (Å²) >= 11 is 0. The predicted octanol–water partition coefficient (Wildman–Crippen LogP) is 4.45. The van der Waals surface area contributed by atoms with Crippen molar-refractivity contribution in [1.82, 2.24) is 3.97 Å². The largest absolute Gasteiger partial charge is 0.497 e. The van der Waals surface area contributed by atoms with Gasteiger partial charge >= 0.3 is 11.9 Å². The highest BCUT2D eigenvalue weighted by Crippen LogP contribution is 2.40. The summed E-state index contributed by atoms with van der Waals surface area (Å²) in [4.78, 5) is 24.5. The lowest BCUT2D eigenvalue weighted by atomic mass is 10.1. The normalized spacial score (nSPS) is 11.5. The maximum Gasteiger partial charge on any atom is 0.338 e. The minimum Gasteiger partial charge on any atom is -0.497 e. The highest BCUT2D eigenvalue weighted by molar-refractivity contribution is 7.90. The second kappa shape index (κ2) is 8.83. The van der Waals surface area contributed by atoms with Crippen LogP contribution >= 0.6 is 0 Å². The molecule has 34 heavy (non-hydrogen) atoms. The lowest BCUT2D eigenvalue weighted by Crippen LogP contribution is -2.14. The molecule has 0 fully saturated rings. The molecule has 0 bridgehead atoms. The van der Waals surface area contributed by atoms with Crippen LogP contribution in [0.4, 0.5) is 0 Å². The fourth-order valence-electron chi connectivity index (χ4n) is 3.82. The van der Waals surface area contributed by atoms with Gasteiger partial charge in [-0.25, -0.2) is 17.2 Å². The van der Waals surface area contributed by atoms with Gasteiger partial charge in [-0.15, -0.1) is 0 Å². The molecule has 0 aliphatic rings. The number of nitrogens with zero attached hydrogens (tertiary/aromatic N) is 1. The van der Waals surface area contributed by atoms with Crippen molar-refractivity contribution >= 4 is 43.8 Å². The molecular weight excluding hydrogens is 458 g/mol. The van der Waals surface area contributed by atoms with Gasteiger partial charge in [0.1, 0.15) is 11.5 Å². The van der Waals surface area contributed by atoms with E-state index in [1.165, 1.54) is 38.3 Å². The number of aromatic nitrogens is 1. The molecule has 3 aromatic carbocycles. The van der Waals surface area contributed by atoms with Gasteiger partial charge in [-0.1, -0.05) is 17.7 Å². The third kappa shape index (κ3) is 3.99. The molecule has 0 amide bonds. The van der Waals surface area contributed by atoms with Crippen molar-refractivity contribution in [3.8, 4) is 11.5 Å². The first kappa shape index (κ1) is 23.3. The number of ether oxygens (including phenoxy) is 3. The summed E-state index contributed by atoms with van der Waals surface area (Å²) in [7, 11) is -2.64. The van der Waals surface area contributed by atoms with E-state index in [-0.39, 0.29) is 28.3 Å². The van der Waals surface area contributed by atoms with Crippen LogP contribution in [-0.4, -0.2) is 38.0 Å². The molecular formula is C25H23NO7S. The molecule has 0 saturated carbocycles. The van der Waals surface area contributed by atoms with Crippen molar-refractivity contribution < 1.29 is 32.2 Å². The maximum absolute atomic E-state index is 13.9. The third-order valence-electron chi connectivity index (χ3n) is 5.32. The molecule has 0 saturated heterocycles. The van der Waals surface area contributed by atoms with Gasteiger partial charge in [0.05, 0.1) is 40.6 Å². The van der Waals surface area contributed by atoms with E-state index >= 15 is 0 Å². The van der Waals surface area contributed by atoms with E-state index in [0.29, 0.717) is 22.0 Å². The van der Waals surface area contributed by atoms with Crippen molar-refractivity contribution in [3.63, 3.8) is 0 Å². The van der Waals surface area contributed by atoms with Gasteiger partial charge in [0.15, 0.2) is 0 Å². The lowest BCUT2D eigenvalue weighted by molar-refractivity contribution is -0.131. The summed E-state index contributed by atoms with van der Waals surface area (Å²) in [6.45, 7) is 4.88. The molecule has 0 radical (unpaired) electrons. The number of carbonyl (C=O) groups excluding carboxylic acids is 2. The second-order valence-corrected chi connectivity index (χ2v) is 9.43. The predicted molar refractivity (Wildman–Crippen MR) is 127 cm³/mol. The van der Waals surface area contributed by atoms with E-state index in [2.05, 4.69) is 0 Å². The first-order valence-electron chi connectivity index (χ1n) is 10.5. The van der Waals surface area contributed by atoms with E-state index < -0.39 is 22.0 Å². The number of benzene rings is 3. The van der Waals surface area contributed by atoms with Gasteiger partial charge in [0.2, 0.25) is 0 Å². The second-order valence-electron chi connectivity index (χ2n) is 7.65. The van der Waals surface area contributed by atoms with Crippen molar-refractivity contribution in [2.24, 2.45) is 0 Å². The Labute approximate surface area is 196 Å². The number of fused-ring (bicyclic) bond motifs is 3. The summed E-state index contributed by atoms with van der Waals surface area (Å²) in [6.07, 6.45) is 0. The van der Waals surface area contributed by atoms with Crippen LogP contribution in [0.15, 0.2) is 59.5 Å². The molecule has 0 aliphatic carbocycles. The summed E-state index contributed by atoms with van der Waals surface area (Å²) in [5.74, 6) is -0.783. The quantitative estimate of drug-likeness (QED) is 0.296. The Balaban J connectivity index is 2.17. The Bertz CT molecular complexity index is 1530. The molecule has 0 unspecified atom stereocenters. The van der Waals surface area contributed by atoms with Crippen molar-refractivity contribution in [2.75, 3.05) is 13.7 Å². The number of methoxy groups -OCH3 is 1. The molecule has 176 valence electrons. The fourth-order valence-corrected chi connectivity index (χ4v) is 5.33. The van der Waals surface area contributed by atoms with Gasteiger partial charge in [-0.3, -0.25) is 4.79 Å². The van der Waals surface area contributed by atoms with Gasteiger partial charge in [-0.2, -0.15) is 0 Å². The van der Waals surface area contributed by atoms with Crippen LogP contribution in [-0.2, 0) is 19.6 Å². The Morgan fingerprint density at radius 3 is 2.29 bits per heavy atom. The summed E-state index contributed by atoms with van der Waals surface area (Å²) < 4.78 is 44.7. The van der Waals surface area contributed by atoms with Crippen LogP contribution in [0.2, 0.25) is 0 Å². The molecule has 1 aromatic heterocycles. The SMILES string of the molecule is CCOC(=O)c1cc(OC(C)=O)c2c3ccc(OC)cc3n(S(=O)(=O)c3ccc(C)cc3)c2c1. The molecule has 0 aliphatic heterocycles. The fraction of sp³-hybridized carbons (Fsp3) is 0.200. The minimum atomic E-state index is -4.12. The number of rotatable bonds is 6. The Kier molecular flexibility index (Phi) is 6.05.